The van der Waals surface area contributed by atoms with E-state index in [4.69, 9.17) is 0 Å². The number of ether oxygens (including phenoxy) is 1. The maximum Gasteiger partial charge on any atom is 0.573 e. The van der Waals surface area contributed by atoms with Crippen LogP contribution in [0, 0.1) is 0 Å². The fourth-order valence-electron chi connectivity index (χ4n) is 3.26. The molecule has 0 saturated carbocycles. The molecule has 1 N–H and O–H groups in total. The molecule has 12 heteroatoms. The lowest BCUT2D eigenvalue weighted by molar-refractivity contribution is -0.274. The quantitative estimate of drug-likeness (QED) is 0.544. The number of hydrogen-bond donors (Lipinski definition) is 1. The topological polar surface area (TPSA) is 106 Å². The molecule has 2 heterocycles. The number of benzene rings is 2. The summed E-state index contributed by atoms with van der Waals surface area (Å²) in [4.78, 5) is 30.3. The zero-order valence-corrected chi connectivity index (χ0v) is 17.4. The summed E-state index contributed by atoms with van der Waals surface area (Å²) in [5, 5.41) is 0. The third-order valence-electron chi connectivity index (χ3n) is 4.67. The minimum absolute atomic E-state index is 0.0259. The highest BCUT2D eigenvalue weighted by Crippen LogP contribution is 2.32. The monoisotopic (exact) mass is 477 g/mol. The van der Waals surface area contributed by atoms with Crippen molar-refractivity contribution in [2.75, 3.05) is 4.72 Å². The fraction of sp³-hybridized carbons (Fsp3) is 0.0952. The lowest BCUT2D eigenvalue weighted by Gasteiger charge is -2.14. The Hall–Kier alpha value is -3.93. The lowest BCUT2D eigenvalue weighted by Crippen LogP contribution is -2.29. The Morgan fingerprint density at radius 2 is 1.70 bits per heavy atom. The number of carbonyl (C=O) groups excluding carboxylic acids is 2. The molecule has 8 nitrogen and oxygen atoms in total. The molecule has 1 aliphatic heterocycles. The number of pyridine rings is 1. The van der Waals surface area contributed by atoms with Gasteiger partial charge < -0.3 is 4.74 Å². The van der Waals surface area contributed by atoms with Gasteiger partial charge >= 0.3 is 6.36 Å². The molecule has 0 unspecified atom stereocenters. The van der Waals surface area contributed by atoms with E-state index in [9.17, 15) is 31.2 Å². The SMILES string of the molecule is O=C1c2cccc(NS(=O)(=O)c3ccc(OC(F)(F)F)cc3)c2C(=O)N1Cc1cccnc1. The van der Waals surface area contributed by atoms with Gasteiger partial charge in [-0.05, 0) is 48.0 Å². The van der Waals surface area contributed by atoms with E-state index in [1.807, 2.05) is 0 Å². The van der Waals surface area contributed by atoms with E-state index in [1.165, 1.54) is 24.4 Å². The molecule has 1 aromatic heterocycles. The van der Waals surface area contributed by atoms with Gasteiger partial charge in [-0.15, -0.1) is 13.2 Å². The molecule has 33 heavy (non-hydrogen) atoms. The van der Waals surface area contributed by atoms with Gasteiger partial charge in [0.1, 0.15) is 5.75 Å². The summed E-state index contributed by atoms with van der Waals surface area (Å²) in [7, 11) is -4.29. The highest BCUT2D eigenvalue weighted by Gasteiger charge is 2.38. The van der Waals surface area contributed by atoms with E-state index >= 15 is 0 Å². The van der Waals surface area contributed by atoms with Crippen molar-refractivity contribution in [3.05, 3.63) is 83.7 Å². The van der Waals surface area contributed by atoms with Crippen LogP contribution in [0.3, 0.4) is 0 Å². The molecule has 2 aromatic carbocycles. The van der Waals surface area contributed by atoms with Crippen LogP contribution in [-0.2, 0) is 16.6 Å². The lowest BCUT2D eigenvalue weighted by atomic mass is 10.1. The maximum absolute atomic E-state index is 13.0. The van der Waals surface area contributed by atoms with Crippen molar-refractivity contribution < 1.29 is 35.9 Å². The van der Waals surface area contributed by atoms with Crippen molar-refractivity contribution in [2.24, 2.45) is 0 Å². The van der Waals surface area contributed by atoms with Gasteiger partial charge in [-0.25, -0.2) is 8.42 Å². The molecule has 4 rings (SSSR count). The first-order valence-electron chi connectivity index (χ1n) is 9.32. The Morgan fingerprint density at radius 3 is 2.33 bits per heavy atom. The van der Waals surface area contributed by atoms with Crippen LogP contribution >= 0.6 is 0 Å². The highest BCUT2D eigenvalue weighted by atomic mass is 32.2. The zero-order valence-electron chi connectivity index (χ0n) is 16.5. The number of alkyl halides is 3. The first-order chi connectivity index (χ1) is 15.5. The van der Waals surface area contributed by atoms with Crippen LogP contribution in [0.2, 0.25) is 0 Å². The summed E-state index contributed by atoms with van der Waals surface area (Å²) in [6, 6.07) is 11.0. The maximum atomic E-state index is 13.0. The van der Waals surface area contributed by atoms with Crippen molar-refractivity contribution in [1.82, 2.24) is 9.88 Å². The number of rotatable bonds is 6. The average molecular weight is 477 g/mol. The normalized spacial score (nSPS) is 13.7. The molecule has 0 fully saturated rings. The number of sulfonamides is 1. The van der Waals surface area contributed by atoms with Crippen LogP contribution in [0.4, 0.5) is 18.9 Å². The van der Waals surface area contributed by atoms with Crippen LogP contribution in [0.5, 0.6) is 5.75 Å². The number of nitrogens with zero attached hydrogens (tertiary/aromatic N) is 2. The van der Waals surface area contributed by atoms with E-state index in [-0.39, 0.29) is 28.3 Å². The standard InChI is InChI=1S/C21H14F3N3O5S/c22-21(23,24)32-14-6-8-15(9-7-14)33(30,31)26-17-5-1-4-16-18(17)20(29)27(19(16)28)12-13-3-2-10-25-11-13/h1-11,26H,12H2. The summed E-state index contributed by atoms with van der Waals surface area (Å²) in [6.07, 6.45) is -1.88. The van der Waals surface area contributed by atoms with Crippen LogP contribution in [0.15, 0.2) is 71.9 Å². The minimum Gasteiger partial charge on any atom is -0.406 e. The molecular formula is C21H14F3N3O5S. The smallest absolute Gasteiger partial charge is 0.406 e. The van der Waals surface area contributed by atoms with Gasteiger partial charge in [0.2, 0.25) is 0 Å². The Balaban J connectivity index is 1.60. The van der Waals surface area contributed by atoms with Gasteiger partial charge in [-0.3, -0.25) is 24.2 Å². The first-order valence-corrected chi connectivity index (χ1v) is 10.8. The molecule has 3 aromatic rings. The van der Waals surface area contributed by atoms with Crippen molar-refractivity contribution in [3.63, 3.8) is 0 Å². The summed E-state index contributed by atoms with van der Waals surface area (Å²) in [5.41, 5.74) is 0.385. The second kappa shape index (κ2) is 8.20. The number of carbonyl (C=O) groups is 2. The van der Waals surface area contributed by atoms with Crippen LogP contribution < -0.4 is 9.46 Å². The third-order valence-corrected chi connectivity index (χ3v) is 6.06. The predicted octanol–water partition coefficient (Wildman–Crippen LogP) is 3.58. The van der Waals surface area contributed by atoms with Crippen molar-refractivity contribution in [3.8, 4) is 5.75 Å². The summed E-state index contributed by atoms with van der Waals surface area (Å²) < 4.78 is 68.4. The molecule has 0 radical (unpaired) electrons. The Labute approximate surface area is 185 Å². The van der Waals surface area contributed by atoms with Crippen LogP contribution in [0.1, 0.15) is 26.3 Å². The average Bonchev–Trinajstić information content (AvgIpc) is 2.99. The number of imide groups is 1. The van der Waals surface area contributed by atoms with E-state index < -0.39 is 33.9 Å². The first kappa shape index (κ1) is 22.3. The zero-order chi connectivity index (χ0) is 23.8. The largest absolute Gasteiger partial charge is 0.573 e. The second-order valence-corrected chi connectivity index (χ2v) is 8.59. The van der Waals surface area contributed by atoms with Gasteiger partial charge in [0.25, 0.3) is 21.8 Å². The molecule has 0 spiro atoms. The van der Waals surface area contributed by atoms with Crippen molar-refractivity contribution in [1.29, 1.82) is 0 Å². The van der Waals surface area contributed by atoms with E-state index in [1.54, 1.807) is 18.3 Å². The molecular weight excluding hydrogens is 463 g/mol. The summed E-state index contributed by atoms with van der Waals surface area (Å²) in [5.74, 6) is -1.87. The Kier molecular flexibility index (Phi) is 5.54. The predicted molar refractivity (Wildman–Crippen MR) is 109 cm³/mol. The number of anilines is 1. The minimum atomic E-state index is -4.92. The summed E-state index contributed by atoms with van der Waals surface area (Å²) in [6.45, 7) is -0.0486. The van der Waals surface area contributed by atoms with Crippen molar-refractivity contribution >= 4 is 27.5 Å². The molecule has 1 aliphatic rings. The number of aromatic nitrogens is 1. The van der Waals surface area contributed by atoms with Crippen molar-refractivity contribution in [2.45, 2.75) is 17.8 Å². The molecule has 0 bridgehead atoms. The number of halogens is 3. The molecule has 170 valence electrons. The number of amides is 2. The van der Waals surface area contributed by atoms with Gasteiger partial charge in [-0.2, -0.15) is 0 Å². The second-order valence-electron chi connectivity index (χ2n) is 6.91. The third kappa shape index (κ3) is 4.65. The van der Waals surface area contributed by atoms with Gasteiger partial charge in [0, 0.05) is 12.4 Å². The van der Waals surface area contributed by atoms with E-state index in [0.717, 1.165) is 29.2 Å². The summed E-state index contributed by atoms with van der Waals surface area (Å²) >= 11 is 0. The van der Waals surface area contributed by atoms with Gasteiger partial charge in [0.05, 0.1) is 28.3 Å². The Bertz CT molecular complexity index is 1330. The van der Waals surface area contributed by atoms with Gasteiger partial charge in [0.15, 0.2) is 0 Å². The molecule has 2 amide bonds. The van der Waals surface area contributed by atoms with Crippen LogP contribution in [0.25, 0.3) is 0 Å². The molecule has 0 atom stereocenters. The fourth-order valence-corrected chi connectivity index (χ4v) is 4.33. The number of nitrogens with one attached hydrogen (secondary N) is 1. The highest BCUT2D eigenvalue weighted by molar-refractivity contribution is 7.92. The van der Waals surface area contributed by atoms with E-state index in [0.29, 0.717) is 5.56 Å². The van der Waals surface area contributed by atoms with E-state index in [2.05, 4.69) is 14.4 Å². The van der Waals surface area contributed by atoms with Gasteiger partial charge in [-0.1, -0.05) is 12.1 Å². The number of hydrogen-bond acceptors (Lipinski definition) is 6. The molecule has 0 saturated heterocycles. The molecule has 0 aliphatic carbocycles. The number of fused-ring (bicyclic) bond motifs is 1. The Morgan fingerprint density at radius 1 is 0.970 bits per heavy atom. The van der Waals surface area contributed by atoms with Crippen LogP contribution in [-0.4, -0.2) is 36.5 Å².